The van der Waals surface area contributed by atoms with Crippen molar-refractivity contribution >= 4 is 11.9 Å². The first kappa shape index (κ1) is 20.2. The Bertz CT molecular complexity index is 824. The molecule has 27 heavy (non-hydrogen) atoms. The molecular weight excluding hydrogens is 365 g/mol. The summed E-state index contributed by atoms with van der Waals surface area (Å²) < 4.78 is 44.0. The molecule has 2 rings (SSSR count). The van der Waals surface area contributed by atoms with Crippen molar-refractivity contribution in [2.24, 2.45) is 5.92 Å². The van der Waals surface area contributed by atoms with E-state index in [0.717, 1.165) is 12.3 Å². The SMILES string of the molecule is COc1ccccc1CC(CNC(=O)c1cccnc1C(F)(F)F)C(=O)O. The number of rotatable bonds is 7. The fourth-order valence-corrected chi connectivity index (χ4v) is 2.51. The molecule has 1 atom stereocenters. The number of hydrogen-bond donors (Lipinski definition) is 2. The highest BCUT2D eigenvalue weighted by atomic mass is 19.4. The van der Waals surface area contributed by atoms with E-state index < -0.39 is 35.2 Å². The molecule has 144 valence electrons. The minimum atomic E-state index is -4.79. The summed E-state index contributed by atoms with van der Waals surface area (Å²) >= 11 is 0. The van der Waals surface area contributed by atoms with Gasteiger partial charge < -0.3 is 15.2 Å². The monoisotopic (exact) mass is 382 g/mol. The van der Waals surface area contributed by atoms with Gasteiger partial charge in [-0.1, -0.05) is 18.2 Å². The Hall–Kier alpha value is -3.10. The van der Waals surface area contributed by atoms with Crippen molar-refractivity contribution in [2.45, 2.75) is 12.6 Å². The summed E-state index contributed by atoms with van der Waals surface area (Å²) in [5.74, 6) is -2.79. The van der Waals surface area contributed by atoms with Crippen LogP contribution in [0.15, 0.2) is 42.6 Å². The number of alkyl halides is 3. The first-order valence-electron chi connectivity index (χ1n) is 7.89. The lowest BCUT2D eigenvalue weighted by molar-refractivity contribution is -0.142. The molecule has 1 unspecified atom stereocenters. The van der Waals surface area contributed by atoms with Gasteiger partial charge in [0.05, 0.1) is 18.6 Å². The summed E-state index contributed by atoms with van der Waals surface area (Å²) in [5.41, 5.74) is -1.37. The van der Waals surface area contributed by atoms with E-state index in [4.69, 9.17) is 4.74 Å². The maximum atomic E-state index is 13.0. The van der Waals surface area contributed by atoms with Crippen molar-refractivity contribution in [3.8, 4) is 5.75 Å². The Morgan fingerprint density at radius 3 is 2.56 bits per heavy atom. The molecule has 1 heterocycles. The zero-order chi connectivity index (χ0) is 20.0. The molecule has 0 bridgehead atoms. The first-order chi connectivity index (χ1) is 12.7. The summed E-state index contributed by atoms with van der Waals surface area (Å²) in [6.07, 6.45) is -3.82. The van der Waals surface area contributed by atoms with Gasteiger partial charge in [0, 0.05) is 12.7 Å². The van der Waals surface area contributed by atoms with Crippen molar-refractivity contribution in [3.63, 3.8) is 0 Å². The lowest BCUT2D eigenvalue weighted by atomic mass is 9.98. The number of nitrogens with zero attached hydrogens (tertiary/aromatic N) is 1. The largest absolute Gasteiger partial charge is 0.496 e. The van der Waals surface area contributed by atoms with E-state index in [9.17, 15) is 27.9 Å². The number of carbonyl (C=O) groups is 2. The number of benzene rings is 1. The molecule has 0 saturated carbocycles. The van der Waals surface area contributed by atoms with E-state index >= 15 is 0 Å². The standard InChI is InChI=1S/C18H17F3N2O4/c1-27-14-7-3-2-5-11(14)9-12(17(25)26)10-23-16(24)13-6-4-8-22-15(13)18(19,20)21/h2-8,12H,9-10H2,1H3,(H,23,24)(H,25,26). The van der Waals surface area contributed by atoms with Crippen LogP contribution in [0.3, 0.4) is 0 Å². The van der Waals surface area contributed by atoms with Gasteiger partial charge in [0.25, 0.3) is 5.91 Å². The van der Waals surface area contributed by atoms with Crippen molar-refractivity contribution < 1.29 is 32.6 Å². The van der Waals surface area contributed by atoms with E-state index in [0.29, 0.717) is 11.3 Å². The number of aliphatic carboxylic acids is 1. The first-order valence-corrected chi connectivity index (χ1v) is 7.89. The molecule has 0 aliphatic carbocycles. The van der Waals surface area contributed by atoms with Crippen LogP contribution >= 0.6 is 0 Å². The summed E-state index contributed by atoms with van der Waals surface area (Å²) in [5, 5.41) is 11.6. The van der Waals surface area contributed by atoms with Gasteiger partial charge in [-0.05, 0) is 30.2 Å². The number of hydrogen-bond acceptors (Lipinski definition) is 4. The van der Waals surface area contributed by atoms with E-state index in [1.807, 2.05) is 0 Å². The smallest absolute Gasteiger partial charge is 0.434 e. The van der Waals surface area contributed by atoms with E-state index in [1.165, 1.54) is 13.2 Å². The lowest BCUT2D eigenvalue weighted by Crippen LogP contribution is -2.35. The molecule has 6 nitrogen and oxygen atoms in total. The van der Waals surface area contributed by atoms with Crippen LogP contribution in [-0.4, -0.2) is 35.6 Å². The van der Waals surface area contributed by atoms with Crippen molar-refractivity contribution in [3.05, 3.63) is 59.4 Å². The van der Waals surface area contributed by atoms with Gasteiger partial charge in [0.15, 0.2) is 5.69 Å². The average molecular weight is 382 g/mol. The number of methoxy groups -OCH3 is 1. The number of nitrogens with one attached hydrogen (secondary N) is 1. The Morgan fingerprint density at radius 2 is 1.93 bits per heavy atom. The molecule has 0 fully saturated rings. The Labute approximate surface area is 153 Å². The number of ether oxygens (including phenoxy) is 1. The fourth-order valence-electron chi connectivity index (χ4n) is 2.51. The molecule has 1 aromatic carbocycles. The minimum Gasteiger partial charge on any atom is -0.496 e. The quantitative estimate of drug-likeness (QED) is 0.769. The normalized spacial score (nSPS) is 12.3. The summed E-state index contributed by atoms with van der Waals surface area (Å²) in [6, 6.07) is 8.97. The van der Waals surface area contributed by atoms with Gasteiger partial charge in [-0.3, -0.25) is 14.6 Å². The second-order valence-electron chi connectivity index (χ2n) is 5.66. The molecule has 0 aliphatic rings. The lowest BCUT2D eigenvalue weighted by Gasteiger charge is -2.16. The van der Waals surface area contributed by atoms with Crippen molar-refractivity contribution in [2.75, 3.05) is 13.7 Å². The predicted molar refractivity (Wildman–Crippen MR) is 89.4 cm³/mol. The number of carbonyl (C=O) groups excluding carboxylic acids is 1. The van der Waals surface area contributed by atoms with Gasteiger partial charge >= 0.3 is 12.1 Å². The second-order valence-corrected chi connectivity index (χ2v) is 5.66. The van der Waals surface area contributed by atoms with Crippen molar-refractivity contribution in [1.29, 1.82) is 0 Å². The average Bonchev–Trinajstić information content (AvgIpc) is 2.64. The third kappa shape index (κ3) is 5.19. The Balaban J connectivity index is 2.13. The molecule has 9 heteroatoms. The molecule has 2 N–H and O–H groups in total. The molecule has 0 spiro atoms. The Kier molecular flexibility index (Phi) is 6.38. The zero-order valence-electron chi connectivity index (χ0n) is 14.3. The van der Waals surface area contributed by atoms with E-state index in [2.05, 4.69) is 10.3 Å². The number of amides is 1. The summed E-state index contributed by atoms with van der Waals surface area (Å²) in [4.78, 5) is 26.8. The van der Waals surface area contributed by atoms with Crippen LogP contribution in [0.1, 0.15) is 21.6 Å². The topological polar surface area (TPSA) is 88.5 Å². The fraction of sp³-hybridized carbons (Fsp3) is 0.278. The van der Waals surface area contributed by atoms with E-state index in [-0.39, 0.29) is 13.0 Å². The number of pyridine rings is 1. The van der Waals surface area contributed by atoms with E-state index in [1.54, 1.807) is 24.3 Å². The second kappa shape index (κ2) is 8.52. The van der Waals surface area contributed by atoms with Crippen LogP contribution in [-0.2, 0) is 17.4 Å². The van der Waals surface area contributed by atoms with Crippen LogP contribution in [0.5, 0.6) is 5.75 Å². The molecule has 1 aromatic heterocycles. The number of halogens is 3. The number of carboxylic acids is 1. The number of para-hydroxylation sites is 1. The van der Waals surface area contributed by atoms with Crippen LogP contribution < -0.4 is 10.1 Å². The van der Waals surface area contributed by atoms with Crippen LogP contribution in [0.4, 0.5) is 13.2 Å². The molecule has 0 radical (unpaired) electrons. The number of carboxylic acid groups (broad SMARTS) is 1. The van der Waals surface area contributed by atoms with Gasteiger partial charge in [-0.15, -0.1) is 0 Å². The minimum absolute atomic E-state index is 0.0405. The van der Waals surface area contributed by atoms with Gasteiger partial charge in [-0.2, -0.15) is 13.2 Å². The predicted octanol–water partition coefficient (Wildman–Crippen LogP) is 2.78. The van der Waals surface area contributed by atoms with Gasteiger partial charge in [-0.25, -0.2) is 0 Å². The van der Waals surface area contributed by atoms with Crippen LogP contribution in [0, 0.1) is 5.92 Å². The molecular formula is C18H17F3N2O4. The van der Waals surface area contributed by atoms with Crippen LogP contribution in [0.2, 0.25) is 0 Å². The zero-order valence-corrected chi connectivity index (χ0v) is 14.3. The molecule has 1 amide bonds. The molecule has 0 aliphatic heterocycles. The molecule has 0 saturated heterocycles. The molecule has 2 aromatic rings. The third-order valence-electron chi connectivity index (χ3n) is 3.84. The number of aromatic nitrogens is 1. The van der Waals surface area contributed by atoms with Gasteiger partial charge in [0.1, 0.15) is 5.75 Å². The highest BCUT2D eigenvalue weighted by molar-refractivity contribution is 5.95. The van der Waals surface area contributed by atoms with Crippen LogP contribution in [0.25, 0.3) is 0 Å². The highest BCUT2D eigenvalue weighted by Crippen LogP contribution is 2.30. The highest BCUT2D eigenvalue weighted by Gasteiger charge is 2.37. The third-order valence-corrected chi connectivity index (χ3v) is 3.84. The van der Waals surface area contributed by atoms with Crippen molar-refractivity contribution in [1.82, 2.24) is 10.3 Å². The maximum Gasteiger partial charge on any atom is 0.434 e. The van der Waals surface area contributed by atoms with Gasteiger partial charge in [0.2, 0.25) is 0 Å². The summed E-state index contributed by atoms with van der Waals surface area (Å²) in [7, 11) is 1.44. The maximum absolute atomic E-state index is 13.0. The Morgan fingerprint density at radius 1 is 1.22 bits per heavy atom. The summed E-state index contributed by atoms with van der Waals surface area (Å²) in [6.45, 7) is -0.349.